The van der Waals surface area contributed by atoms with E-state index in [1.165, 1.54) is 0 Å². The Balaban J connectivity index is 3.25. The van der Waals surface area contributed by atoms with E-state index in [-0.39, 0.29) is 0 Å². The van der Waals surface area contributed by atoms with E-state index in [1.54, 1.807) is 0 Å². The Morgan fingerprint density at radius 1 is 1.44 bits per heavy atom. The summed E-state index contributed by atoms with van der Waals surface area (Å²) in [5.41, 5.74) is 0. The first-order chi connectivity index (χ1) is 4.16. The molecule has 1 atom stereocenters. The molecule has 0 amide bonds. The average Bonchev–Trinajstić information content (AvgIpc) is 1.63. The molecule has 0 aliphatic carbocycles. The van der Waals surface area contributed by atoms with Crippen molar-refractivity contribution in [3.05, 3.63) is 12.7 Å². The van der Waals surface area contributed by atoms with E-state index >= 15 is 0 Å². The van der Waals surface area contributed by atoms with Gasteiger partial charge in [0.15, 0.2) is 0 Å². The van der Waals surface area contributed by atoms with Crippen molar-refractivity contribution in [2.45, 2.75) is 39.3 Å². The molecule has 0 spiro atoms. The summed E-state index contributed by atoms with van der Waals surface area (Å²) in [6.45, 7) is 10.1. The van der Waals surface area contributed by atoms with Crippen LogP contribution in [-0.4, -0.2) is 12.1 Å². The summed E-state index contributed by atoms with van der Waals surface area (Å²) in [6, 6.07) is 1.16. The third kappa shape index (κ3) is 5.57. The molecule has 9 heavy (non-hydrogen) atoms. The summed E-state index contributed by atoms with van der Waals surface area (Å²) in [5, 5.41) is 3.37. The number of nitrogens with one attached hydrogen (secondary N) is 1. The van der Waals surface area contributed by atoms with E-state index in [2.05, 4.69) is 32.7 Å². The molecule has 0 fully saturated rings. The Morgan fingerprint density at radius 2 is 2.00 bits per heavy atom. The summed E-state index contributed by atoms with van der Waals surface area (Å²) in [6.07, 6.45) is 3.00. The lowest BCUT2D eigenvalue weighted by Crippen LogP contribution is -2.31. The van der Waals surface area contributed by atoms with Gasteiger partial charge in [-0.3, -0.25) is 0 Å². The molecule has 0 heterocycles. The fourth-order valence-corrected chi connectivity index (χ4v) is 0.887. The standard InChI is InChI=1S/C8H17N/c1-5-6-8(4)9-7(2)3/h5,7-9H,1,6H2,2-4H3. The van der Waals surface area contributed by atoms with E-state index < -0.39 is 0 Å². The molecule has 0 rings (SSSR count). The lowest BCUT2D eigenvalue weighted by atomic mass is 10.2. The second kappa shape index (κ2) is 4.57. The lowest BCUT2D eigenvalue weighted by Gasteiger charge is -2.14. The molecule has 0 aromatic heterocycles. The van der Waals surface area contributed by atoms with Crippen molar-refractivity contribution in [3.8, 4) is 0 Å². The molecule has 54 valence electrons. The van der Waals surface area contributed by atoms with Crippen molar-refractivity contribution in [2.24, 2.45) is 0 Å². The minimum Gasteiger partial charge on any atom is -0.312 e. The maximum Gasteiger partial charge on any atom is 0.00754 e. The molecule has 1 N–H and O–H groups in total. The van der Waals surface area contributed by atoms with E-state index in [9.17, 15) is 0 Å². The van der Waals surface area contributed by atoms with E-state index in [1.807, 2.05) is 6.08 Å². The van der Waals surface area contributed by atoms with Crippen LogP contribution in [0.2, 0.25) is 0 Å². The van der Waals surface area contributed by atoms with Crippen LogP contribution in [0.4, 0.5) is 0 Å². The van der Waals surface area contributed by atoms with Crippen LogP contribution in [0.1, 0.15) is 27.2 Å². The van der Waals surface area contributed by atoms with Crippen LogP contribution in [0.3, 0.4) is 0 Å². The lowest BCUT2D eigenvalue weighted by molar-refractivity contribution is 0.493. The van der Waals surface area contributed by atoms with Gasteiger partial charge in [0.2, 0.25) is 0 Å². The Bertz CT molecular complexity index is 76.6. The minimum atomic E-state index is 0.572. The highest BCUT2D eigenvalue weighted by Gasteiger charge is 1.98. The van der Waals surface area contributed by atoms with Crippen LogP contribution in [0.5, 0.6) is 0 Å². The molecule has 0 saturated heterocycles. The van der Waals surface area contributed by atoms with Crippen LogP contribution in [0.25, 0.3) is 0 Å². The number of rotatable bonds is 4. The second-order valence-corrected chi connectivity index (χ2v) is 2.75. The molecule has 0 aromatic rings. The highest BCUT2D eigenvalue weighted by molar-refractivity contribution is 4.75. The summed E-state index contributed by atoms with van der Waals surface area (Å²) >= 11 is 0. The quantitative estimate of drug-likeness (QED) is 0.569. The summed E-state index contributed by atoms with van der Waals surface area (Å²) in [4.78, 5) is 0. The predicted molar refractivity (Wildman–Crippen MR) is 42.5 cm³/mol. The van der Waals surface area contributed by atoms with Crippen LogP contribution >= 0.6 is 0 Å². The average molecular weight is 127 g/mol. The normalized spacial score (nSPS) is 13.8. The molecule has 0 radical (unpaired) electrons. The Hall–Kier alpha value is -0.300. The van der Waals surface area contributed by atoms with Gasteiger partial charge in [-0.15, -0.1) is 6.58 Å². The summed E-state index contributed by atoms with van der Waals surface area (Å²) in [7, 11) is 0. The summed E-state index contributed by atoms with van der Waals surface area (Å²) in [5.74, 6) is 0. The van der Waals surface area contributed by atoms with Crippen molar-refractivity contribution in [1.29, 1.82) is 0 Å². The zero-order valence-electron chi connectivity index (χ0n) is 6.65. The van der Waals surface area contributed by atoms with E-state index in [0.29, 0.717) is 12.1 Å². The fraction of sp³-hybridized carbons (Fsp3) is 0.750. The molecule has 0 aromatic carbocycles. The molecule has 1 nitrogen and oxygen atoms in total. The number of hydrogen-bond donors (Lipinski definition) is 1. The van der Waals surface area contributed by atoms with Gasteiger partial charge in [0, 0.05) is 12.1 Å². The van der Waals surface area contributed by atoms with Gasteiger partial charge in [-0.1, -0.05) is 19.9 Å². The SMILES string of the molecule is C=CCC(C)NC(C)C. The zero-order valence-corrected chi connectivity index (χ0v) is 6.65. The van der Waals surface area contributed by atoms with Gasteiger partial charge in [-0.2, -0.15) is 0 Å². The highest BCUT2D eigenvalue weighted by atomic mass is 14.9. The van der Waals surface area contributed by atoms with E-state index in [4.69, 9.17) is 0 Å². The fourth-order valence-electron chi connectivity index (χ4n) is 0.887. The molecule has 1 unspecified atom stereocenters. The Labute approximate surface area is 58.2 Å². The van der Waals surface area contributed by atoms with Gasteiger partial charge in [0.05, 0.1) is 0 Å². The second-order valence-electron chi connectivity index (χ2n) is 2.75. The van der Waals surface area contributed by atoms with Crippen molar-refractivity contribution >= 4 is 0 Å². The molecule has 0 aliphatic rings. The largest absolute Gasteiger partial charge is 0.312 e. The van der Waals surface area contributed by atoms with Crippen LogP contribution in [-0.2, 0) is 0 Å². The van der Waals surface area contributed by atoms with Crippen molar-refractivity contribution < 1.29 is 0 Å². The topological polar surface area (TPSA) is 12.0 Å². The number of hydrogen-bond acceptors (Lipinski definition) is 1. The maximum atomic E-state index is 3.67. The van der Waals surface area contributed by atoms with Gasteiger partial charge in [-0.05, 0) is 13.3 Å². The monoisotopic (exact) mass is 127 g/mol. The van der Waals surface area contributed by atoms with Gasteiger partial charge in [-0.25, -0.2) is 0 Å². The first-order valence-electron chi connectivity index (χ1n) is 3.53. The van der Waals surface area contributed by atoms with Gasteiger partial charge >= 0.3 is 0 Å². The predicted octanol–water partition coefficient (Wildman–Crippen LogP) is 1.95. The van der Waals surface area contributed by atoms with Gasteiger partial charge < -0.3 is 5.32 Å². The van der Waals surface area contributed by atoms with Gasteiger partial charge in [0.25, 0.3) is 0 Å². The third-order valence-corrected chi connectivity index (χ3v) is 1.14. The molecule has 0 aliphatic heterocycles. The van der Waals surface area contributed by atoms with Crippen LogP contribution in [0.15, 0.2) is 12.7 Å². The van der Waals surface area contributed by atoms with Gasteiger partial charge in [0.1, 0.15) is 0 Å². The first kappa shape index (κ1) is 8.70. The van der Waals surface area contributed by atoms with Crippen molar-refractivity contribution in [1.82, 2.24) is 5.32 Å². The molecular weight excluding hydrogens is 110 g/mol. The van der Waals surface area contributed by atoms with Crippen LogP contribution in [0, 0.1) is 0 Å². The van der Waals surface area contributed by atoms with Crippen molar-refractivity contribution in [2.75, 3.05) is 0 Å². The minimum absolute atomic E-state index is 0.572. The Morgan fingerprint density at radius 3 is 2.33 bits per heavy atom. The maximum absolute atomic E-state index is 3.67. The first-order valence-corrected chi connectivity index (χ1v) is 3.53. The zero-order chi connectivity index (χ0) is 7.28. The Kier molecular flexibility index (Phi) is 4.41. The van der Waals surface area contributed by atoms with Crippen LogP contribution < -0.4 is 5.32 Å². The summed E-state index contributed by atoms with van der Waals surface area (Å²) < 4.78 is 0. The molecule has 1 heteroatoms. The molecule has 0 bridgehead atoms. The third-order valence-electron chi connectivity index (χ3n) is 1.14. The molecule has 0 saturated carbocycles. The van der Waals surface area contributed by atoms with Crippen molar-refractivity contribution in [3.63, 3.8) is 0 Å². The van der Waals surface area contributed by atoms with E-state index in [0.717, 1.165) is 6.42 Å². The smallest absolute Gasteiger partial charge is 0.00754 e. The highest BCUT2D eigenvalue weighted by Crippen LogP contribution is 1.91. The molecular formula is C8H17N.